The molecule has 1 aromatic rings. The number of imidazole rings is 1. The standard InChI is InChI=1S/C9H13N3O2/c1-3-4-11-8(9(13)14)7-5-10-6-12(7)2/h3,5-6,8,11H,1,4H2,2H3,(H,13,14). The molecule has 1 aromatic heterocycles. The largest absolute Gasteiger partial charge is 0.480 e. The van der Waals surface area contributed by atoms with E-state index in [1.165, 1.54) is 6.20 Å². The zero-order valence-electron chi connectivity index (χ0n) is 7.97. The molecule has 14 heavy (non-hydrogen) atoms. The lowest BCUT2D eigenvalue weighted by Crippen LogP contribution is -2.30. The van der Waals surface area contributed by atoms with Crippen LogP contribution in [0.4, 0.5) is 0 Å². The number of carboxylic acids is 1. The normalized spacial score (nSPS) is 12.4. The van der Waals surface area contributed by atoms with Gasteiger partial charge < -0.3 is 9.67 Å². The second-order valence-corrected chi connectivity index (χ2v) is 2.90. The fourth-order valence-electron chi connectivity index (χ4n) is 1.17. The van der Waals surface area contributed by atoms with Crippen LogP contribution in [0.25, 0.3) is 0 Å². The third-order valence-corrected chi connectivity index (χ3v) is 1.86. The van der Waals surface area contributed by atoms with Crippen LogP contribution in [-0.2, 0) is 11.8 Å². The summed E-state index contributed by atoms with van der Waals surface area (Å²) in [7, 11) is 1.76. The van der Waals surface area contributed by atoms with Gasteiger partial charge in [0.15, 0.2) is 0 Å². The first-order chi connectivity index (χ1) is 6.66. The number of nitrogens with zero attached hydrogens (tertiary/aromatic N) is 2. The summed E-state index contributed by atoms with van der Waals surface area (Å²) in [5.41, 5.74) is 0.624. The van der Waals surface area contributed by atoms with Gasteiger partial charge in [0.05, 0.1) is 18.2 Å². The molecule has 0 bridgehead atoms. The van der Waals surface area contributed by atoms with Crippen molar-refractivity contribution in [2.75, 3.05) is 6.54 Å². The van der Waals surface area contributed by atoms with Crippen molar-refractivity contribution >= 4 is 5.97 Å². The number of aryl methyl sites for hydroxylation is 1. The maximum atomic E-state index is 10.9. The molecule has 1 unspecified atom stereocenters. The summed E-state index contributed by atoms with van der Waals surface area (Å²) in [6, 6.07) is -0.736. The molecule has 5 nitrogen and oxygen atoms in total. The second-order valence-electron chi connectivity index (χ2n) is 2.90. The average molecular weight is 195 g/mol. The Balaban J connectivity index is 2.83. The molecule has 0 fully saturated rings. The first kappa shape index (κ1) is 10.5. The van der Waals surface area contributed by atoms with E-state index in [1.807, 2.05) is 0 Å². The minimum Gasteiger partial charge on any atom is -0.480 e. The van der Waals surface area contributed by atoms with E-state index in [9.17, 15) is 4.79 Å². The summed E-state index contributed by atoms with van der Waals surface area (Å²) in [5, 5.41) is 11.8. The van der Waals surface area contributed by atoms with E-state index in [0.717, 1.165) is 0 Å². The third kappa shape index (κ3) is 2.20. The molecule has 1 heterocycles. The molecular weight excluding hydrogens is 182 g/mol. The Morgan fingerprint density at radius 2 is 2.64 bits per heavy atom. The zero-order chi connectivity index (χ0) is 10.6. The topological polar surface area (TPSA) is 67.2 Å². The second kappa shape index (κ2) is 4.57. The minimum atomic E-state index is -0.921. The van der Waals surface area contributed by atoms with Crippen LogP contribution >= 0.6 is 0 Å². The van der Waals surface area contributed by atoms with Crippen LogP contribution in [0.3, 0.4) is 0 Å². The summed E-state index contributed by atoms with van der Waals surface area (Å²) in [4.78, 5) is 14.8. The zero-order valence-corrected chi connectivity index (χ0v) is 7.97. The van der Waals surface area contributed by atoms with E-state index in [-0.39, 0.29) is 0 Å². The highest BCUT2D eigenvalue weighted by molar-refractivity contribution is 5.74. The van der Waals surface area contributed by atoms with E-state index < -0.39 is 12.0 Å². The Labute approximate surface area is 82.1 Å². The molecule has 0 aromatic carbocycles. The van der Waals surface area contributed by atoms with Crippen LogP contribution in [0.1, 0.15) is 11.7 Å². The molecule has 0 aliphatic rings. The number of carbonyl (C=O) groups is 1. The van der Waals surface area contributed by atoms with Gasteiger partial charge in [-0.05, 0) is 0 Å². The minimum absolute atomic E-state index is 0.447. The number of rotatable bonds is 5. The van der Waals surface area contributed by atoms with E-state index in [4.69, 9.17) is 5.11 Å². The molecule has 0 spiro atoms. The van der Waals surface area contributed by atoms with Crippen molar-refractivity contribution in [1.29, 1.82) is 0 Å². The van der Waals surface area contributed by atoms with E-state index in [1.54, 1.807) is 24.0 Å². The summed E-state index contributed by atoms with van der Waals surface area (Å²) in [5.74, 6) is -0.921. The van der Waals surface area contributed by atoms with E-state index >= 15 is 0 Å². The maximum absolute atomic E-state index is 10.9. The van der Waals surface area contributed by atoms with Crippen molar-refractivity contribution in [3.8, 4) is 0 Å². The highest BCUT2D eigenvalue weighted by Gasteiger charge is 2.21. The van der Waals surface area contributed by atoms with Crippen molar-refractivity contribution in [1.82, 2.24) is 14.9 Å². The van der Waals surface area contributed by atoms with Crippen molar-refractivity contribution in [2.24, 2.45) is 7.05 Å². The monoisotopic (exact) mass is 195 g/mol. The Morgan fingerprint density at radius 3 is 3.07 bits per heavy atom. The molecular formula is C9H13N3O2. The molecule has 1 rings (SSSR count). The van der Waals surface area contributed by atoms with Crippen molar-refractivity contribution in [2.45, 2.75) is 6.04 Å². The average Bonchev–Trinajstić information content (AvgIpc) is 2.52. The van der Waals surface area contributed by atoms with E-state index in [0.29, 0.717) is 12.2 Å². The fourth-order valence-corrected chi connectivity index (χ4v) is 1.17. The number of carboxylic acid groups (broad SMARTS) is 1. The van der Waals surface area contributed by atoms with Crippen molar-refractivity contribution < 1.29 is 9.90 Å². The number of aliphatic carboxylic acids is 1. The lowest BCUT2D eigenvalue weighted by molar-refractivity contribution is -0.139. The predicted octanol–water partition coefficient (Wildman–Crippen LogP) is 0.321. The summed E-state index contributed by atoms with van der Waals surface area (Å²) in [6.45, 7) is 3.96. The Hall–Kier alpha value is -1.62. The van der Waals surface area contributed by atoms with Crippen LogP contribution in [0.15, 0.2) is 25.2 Å². The van der Waals surface area contributed by atoms with Gasteiger partial charge in [-0.1, -0.05) is 6.08 Å². The molecule has 2 N–H and O–H groups in total. The van der Waals surface area contributed by atoms with Gasteiger partial charge in [0, 0.05) is 13.6 Å². The van der Waals surface area contributed by atoms with Gasteiger partial charge in [-0.15, -0.1) is 6.58 Å². The lowest BCUT2D eigenvalue weighted by atomic mass is 10.2. The Bertz CT molecular complexity index is 333. The number of aromatic nitrogens is 2. The smallest absolute Gasteiger partial charge is 0.326 e. The Morgan fingerprint density at radius 1 is 1.93 bits per heavy atom. The van der Waals surface area contributed by atoms with Gasteiger partial charge in [0.2, 0.25) is 0 Å². The van der Waals surface area contributed by atoms with Crippen LogP contribution in [0.2, 0.25) is 0 Å². The quantitative estimate of drug-likeness (QED) is 0.664. The fraction of sp³-hybridized carbons (Fsp3) is 0.333. The molecule has 76 valence electrons. The molecule has 0 saturated carbocycles. The van der Waals surface area contributed by atoms with Gasteiger partial charge in [-0.3, -0.25) is 10.1 Å². The lowest BCUT2D eigenvalue weighted by Gasteiger charge is -2.13. The van der Waals surface area contributed by atoms with Crippen molar-refractivity contribution in [3.05, 3.63) is 30.9 Å². The summed E-state index contributed by atoms with van der Waals surface area (Å²) < 4.78 is 1.68. The number of hydrogen-bond acceptors (Lipinski definition) is 3. The summed E-state index contributed by atoms with van der Waals surface area (Å²) >= 11 is 0. The molecule has 5 heteroatoms. The maximum Gasteiger partial charge on any atom is 0.326 e. The first-order valence-corrected chi connectivity index (χ1v) is 4.20. The first-order valence-electron chi connectivity index (χ1n) is 4.20. The van der Waals surface area contributed by atoms with E-state index in [2.05, 4.69) is 16.9 Å². The molecule has 0 amide bonds. The van der Waals surface area contributed by atoms with Crippen molar-refractivity contribution in [3.63, 3.8) is 0 Å². The van der Waals surface area contributed by atoms with Crippen LogP contribution < -0.4 is 5.32 Å². The molecule has 1 atom stereocenters. The van der Waals surface area contributed by atoms with Crippen LogP contribution in [0.5, 0.6) is 0 Å². The predicted molar refractivity (Wildman–Crippen MR) is 51.8 cm³/mol. The van der Waals surface area contributed by atoms with Crippen LogP contribution in [-0.4, -0.2) is 27.2 Å². The Kier molecular flexibility index (Phi) is 3.41. The molecule has 0 aliphatic carbocycles. The molecule has 0 radical (unpaired) electrons. The van der Waals surface area contributed by atoms with Gasteiger partial charge in [0.1, 0.15) is 6.04 Å². The number of nitrogens with one attached hydrogen (secondary N) is 1. The van der Waals surface area contributed by atoms with Gasteiger partial charge in [0.25, 0.3) is 0 Å². The molecule has 0 aliphatic heterocycles. The highest BCUT2D eigenvalue weighted by Crippen LogP contribution is 2.10. The number of hydrogen-bond donors (Lipinski definition) is 2. The highest BCUT2D eigenvalue weighted by atomic mass is 16.4. The SMILES string of the molecule is C=CCNC(C(=O)O)c1cncn1C. The molecule has 0 saturated heterocycles. The van der Waals surface area contributed by atoms with Crippen LogP contribution in [0, 0.1) is 0 Å². The van der Waals surface area contributed by atoms with Gasteiger partial charge in [-0.2, -0.15) is 0 Å². The summed E-state index contributed by atoms with van der Waals surface area (Å²) in [6.07, 6.45) is 4.72. The third-order valence-electron chi connectivity index (χ3n) is 1.86. The van der Waals surface area contributed by atoms with Gasteiger partial charge >= 0.3 is 5.97 Å². The van der Waals surface area contributed by atoms with Gasteiger partial charge in [-0.25, -0.2) is 4.98 Å².